The maximum absolute atomic E-state index is 6.10. The molecule has 2 aliphatic heterocycles. The van der Waals surface area contributed by atoms with Crippen molar-refractivity contribution in [1.29, 1.82) is 0 Å². The summed E-state index contributed by atoms with van der Waals surface area (Å²) < 4.78 is 6.10. The highest BCUT2D eigenvalue weighted by molar-refractivity contribution is 4.92. The quantitative estimate of drug-likeness (QED) is 0.809. The van der Waals surface area contributed by atoms with Crippen molar-refractivity contribution < 1.29 is 4.74 Å². The second kappa shape index (κ2) is 4.52. The van der Waals surface area contributed by atoms with E-state index in [4.69, 9.17) is 4.74 Å². The predicted octanol–water partition coefficient (Wildman–Crippen LogP) is 1.63. The van der Waals surface area contributed by atoms with Gasteiger partial charge in [-0.2, -0.15) is 0 Å². The minimum Gasteiger partial charge on any atom is -0.371 e. The molecular formula is C14H26N2O. The largest absolute Gasteiger partial charge is 0.371 e. The maximum atomic E-state index is 6.10. The molecule has 1 N–H and O–H groups in total. The molecule has 0 radical (unpaired) electrons. The van der Waals surface area contributed by atoms with Gasteiger partial charge in [0.1, 0.15) is 0 Å². The Morgan fingerprint density at radius 3 is 2.76 bits per heavy atom. The van der Waals surface area contributed by atoms with E-state index in [1.807, 2.05) is 0 Å². The number of rotatable bonds is 3. The first-order chi connectivity index (χ1) is 8.12. The zero-order chi connectivity index (χ0) is 11.9. The highest BCUT2D eigenvalue weighted by atomic mass is 16.5. The zero-order valence-corrected chi connectivity index (χ0v) is 11.2. The summed E-state index contributed by atoms with van der Waals surface area (Å²) in [4.78, 5) is 2.62. The lowest BCUT2D eigenvalue weighted by atomic mass is 10.0. The number of nitrogens with one attached hydrogen (secondary N) is 1. The van der Waals surface area contributed by atoms with Gasteiger partial charge in [-0.25, -0.2) is 0 Å². The Morgan fingerprint density at radius 2 is 2.12 bits per heavy atom. The predicted molar refractivity (Wildman–Crippen MR) is 69.1 cm³/mol. The average Bonchev–Trinajstić information content (AvgIpc) is 3.06. The van der Waals surface area contributed by atoms with Crippen LogP contribution < -0.4 is 5.32 Å². The Kier molecular flexibility index (Phi) is 3.18. The van der Waals surface area contributed by atoms with Gasteiger partial charge in [0.15, 0.2) is 0 Å². The van der Waals surface area contributed by atoms with Gasteiger partial charge in [-0.1, -0.05) is 0 Å². The van der Waals surface area contributed by atoms with Crippen molar-refractivity contribution in [2.45, 2.75) is 57.3 Å². The monoisotopic (exact) mass is 238 g/mol. The van der Waals surface area contributed by atoms with Crippen molar-refractivity contribution in [3.8, 4) is 0 Å². The van der Waals surface area contributed by atoms with Gasteiger partial charge in [0.2, 0.25) is 0 Å². The van der Waals surface area contributed by atoms with Crippen molar-refractivity contribution in [3.63, 3.8) is 0 Å². The van der Waals surface area contributed by atoms with Gasteiger partial charge >= 0.3 is 0 Å². The first-order valence-corrected chi connectivity index (χ1v) is 7.26. The number of hydrogen-bond acceptors (Lipinski definition) is 3. The molecule has 98 valence electrons. The number of piperazine rings is 1. The van der Waals surface area contributed by atoms with Crippen LogP contribution >= 0.6 is 0 Å². The minimum absolute atomic E-state index is 0.120. The lowest BCUT2D eigenvalue weighted by Gasteiger charge is -2.35. The van der Waals surface area contributed by atoms with E-state index in [1.54, 1.807) is 0 Å². The van der Waals surface area contributed by atoms with Gasteiger partial charge in [-0.3, -0.25) is 4.90 Å². The molecule has 0 spiro atoms. The Hall–Kier alpha value is -0.120. The number of ether oxygens (including phenoxy) is 1. The lowest BCUT2D eigenvalue weighted by Crippen LogP contribution is -2.53. The van der Waals surface area contributed by atoms with Gasteiger partial charge in [-0.05, 0) is 45.4 Å². The summed E-state index contributed by atoms with van der Waals surface area (Å²) in [5.41, 5.74) is 0.120. The van der Waals surface area contributed by atoms with Gasteiger partial charge < -0.3 is 10.1 Å². The zero-order valence-electron chi connectivity index (χ0n) is 11.2. The molecule has 17 heavy (non-hydrogen) atoms. The summed E-state index contributed by atoms with van der Waals surface area (Å²) in [6.45, 7) is 9.19. The van der Waals surface area contributed by atoms with Gasteiger partial charge in [0.05, 0.1) is 11.7 Å². The second-order valence-corrected chi connectivity index (χ2v) is 6.70. The number of hydrogen-bond donors (Lipinski definition) is 1. The van der Waals surface area contributed by atoms with Crippen LogP contribution in [0.1, 0.15) is 39.5 Å². The van der Waals surface area contributed by atoms with E-state index in [0.29, 0.717) is 6.10 Å². The molecule has 0 aromatic carbocycles. The van der Waals surface area contributed by atoms with Crippen LogP contribution in [0.3, 0.4) is 0 Å². The van der Waals surface area contributed by atoms with Crippen molar-refractivity contribution in [1.82, 2.24) is 10.2 Å². The van der Waals surface area contributed by atoms with E-state index in [0.717, 1.165) is 25.0 Å². The highest BCUT2D eigenvalue weighted by Gasteiger charge is 2.36. The molecule has 1 aliphatic carbocycles. The molecule has 0 aromatic heterocycles. The van der Waals surface area contributed by atoms with Crippen LogP contribution in [-0.2, 0) is 4.74 Å². The van der Waals surface area contributed by atoms with Crippen LogP contribution in [0, 0.1) is 5.92 Å². The van der Waals surface area contributed by atoms with Crippen molar-refractivity contribution in [2.24, 2.45) is 5.92 Å². The molecule has 0 amide bonds. The summed E-state index contributed by atoms with van der Waals surface area (Å²) >= 11 is 0. The second-order valence-electron chi connectivity index (χ2n) is 6.70. The molecule has 2 heterocycles. The Morgan fingerprint density at radius 1 is 1.29 bits per heavy atom. The SMILES string of the molecule is CC1(C)CCC(CN2CCNC(C3CC3)C2)O1. The standard InChI is InChI=1S/C14H26N2O/c1-14(2)6-5-12(17-14)9-16-8-7-15-13(10-16)11-3-4-11/h11-13,15H,3-10H2,1-2H3. The molecule has 3 nitrogen and oxygen atoms in total. The van der Waals surface area contributed by atoms with Crippen LogP contribution in [-0.4, -0.2) is 48.8 Å². The molecule has 1 saturated carbocycles. The van der Waals surface area contributed by atoms with E-state index in [-0.39, 0.29) is 5.60 Å². The van der Waals surface area contributed by atoms with Crippen LogP contribution in [0.15, 0.2) is 0 Å². The number of nitrogens with zero attached hydrogens (tertiary/aromatic N) is 1. The Labute approximate surface area is 105 Å². The molecular weight excluding hydrogens is 212 g/mol. The van der Waals surface area contributed by atoms with Gasteiger partial charge in [0.25, 0.3) is 0 Å². The smallest absolute Gasteiger partial charge is 0.0710 e. The summed E-state index contributed by atoms with van der Waals surface area (Å²) in [6.07, 6.45) is 5.82. The first-order valence-electron chi connectivity index (χ1n) is 7.26. The fraction of sp³-hybridized carbons (Fsp3) is 1.00. The summed E-state index contributed by atoms with van der Waals surface area (Å²) in [7, 11) is 0. The molecule has 0 aromatic rings. The van der Waals surface area contributed by atoms with Crippen LogP contribution in [0.4, 0.5) is 0 Å². The summed E-state index contributed by atoms with van der Waals surface area (Å²) in [5.74, 6) is 0.971. The third-order valence-electron chi connectivity index (χ3n) is 4.50. The molecule has 2 unspecified atom stereocenters. The normalized spacial score (nSPS) is 38.5. The van der Waals surface area contributed by atoms with E-state index >= 15 is 0 Å². The molecule has 3 heteroatoms. The highest BCUT2D eigenvalue weighted by Crippen LogP contribution is 2.34. The third-order valence-corrected chi connectivity index (χ3v) is 4.50. The van der Waals surface area contributed by atoms with Crippen LogP contribution in [0.25, 0.3) is 0 Å². The van der Waals surface area contributed by atoms with Gasteiger partial charge in [-0.15, -0.1) is 0 Å². The fourth-order valence-corrected chi connectivity index (χ4v) is 3.32. The summed E-state index contributed by atoms with van der Waals surface area (Å²) in [5, 5.41) is 3.67. The van der Waals surface area contributed by atoms with E-state index < -0.39 is 0 Å². The van der Waals surface area contributed by atoms with Gasteiger partial charge in [0, 0.05) is 32.2 Å². The van der Waals surface area contributed by atoms with E-state index in [2.05, 4.69) is 24.1 Å². The maximum Gasteiger partial charge on any atom is 0.0710 e. The lowest BCUT2D eigenvalue weighted by molar-refractivity contribution is -0.0316. The molecule has 2 saturated heterocycles. The third kappa shape index (κ3) is 3.01. The fourth-order valence-electron chi connectivity index (χ4n) is 3.32. The summed E-state index contributed by atoms with van der Waals surface area (Å²) in [6, 6.07) is 0.762. The van der Waals surface area contributed by atoms with Crippen molar-refractivity contribution >= 4 is 0 Å². The molecule has 3 rings (SSSR count). The minimum atomic E-state index is 0.120. The average molecular weight is 238 g/mol. The topological polar surface area (TPSA) is 24.5 Å². The molecule has 3 aliphatic rings. The van der Waals surface area contributed by atoms with E-state index in [9.17, 15) is 0 Å². The first kappa shape index (κ1) is 11.9. The molecule has 0 bridgehead atoms. The van der Waals surface area contributed by atoms with Crippen LogP contribution in [0.5, 0.6) is 0 Å². The molecule has 3 fully saturated rings. The van der Waals surface area contributed by atoms with Crippen molar-refractivity contribution in [2.75, 3.05) is 26.2 Å². The Balaban J connectivity index is 1.48. The Bertz CT molecular complexity index is 275. The van der Waals surface area contributed by atoms with Crippen LogP contribution in [0.2, 0.25) is 0 Å². The molecule has 2 atom stereocenters. The van der Waals surface area contributed by atoms with Crippen molar-refractivity contribution in [3.05, 3.63) is 0 Å². The van der Waals surface area contributed by atoms with E-state index in [1.165, 1.54) is 38.8 Å².